The Hall–Kier alpha value is -0.300. The molecule has 0 saturated heterocycles. The molecule has 0 radical (unpaired) electrons. The van der Waals surface area contributed by atoms with Crippen LogP contribution >= 0.6 is 0 Å². The van der Waals surface area contributed by atoms with Gasteiger partial charge in [0.25, 0.3) is 0 Å². The standard InChI is InChI=1S/C13H25N/c1-10(2)7-8-14-9-11-12(3,4)13(11,5)6/h11,14H,1,7-9H2,2-6H3. The van der Waals surface area contributed by atoms with E-state index in [4.69, 9.17) is 0 Å². The van der Waals surface area contributed by atoms with E-state index < -0.39 is 0 Å². The van der Waals surface area contributed by atoms with Crippen molar-refractivity contribution in [3.05, 3.63) is 12.2 Å². The minimum Gasteiger partial charge on any atom is -0.316 e. The molecule has 82 valence electrons. The molecular formula is C13H25N. The van der Waals surface area contributed by atoms with Crippen LogP contribution in [-0.2, 0) is 0 Å². The zero-order valence-electron chi connectivity index (χ0n) is 10.4. The smallest absolute Gasteiger partial charge is 0.000976 e. The maximum atomic E-state index is 3.90. The second kappa shape index (κ2) is 3.69. The van der Waals surface area contributed by atoms with Crippen molar-refractivity contribution >= 4 is 0 Å². The summed E-state index contributed by atoms with van der Waals surface area (Å²) in [6.45, 7) is 17.7. The zero-order chi connectivity index (χ0) is 11.0. The van der Waals surface area contributed by atoms with E-state index in [0.717, 1.165) is 25.4 Å². The molecule has 1 rings (SSSR count). The molecule has 1 nitrogen and oxygen atoms in total. The summed E-state index contributed by atoms with van der Waals surface area (Å²) in [6, 6.07) is 0. The monoisotopic (exact) mass is 195 g/mol. The Labute approximate surface area is 89.0 Å². The van der Waals surface area contributed by atoms with Crippen LogP contribution in [0.2, 0.25) is 0 Å². The molecule has 1 heteroatoms. The van der Waals surface area contributed by atoms with Crippen molar-refractivity contribution in [3.63, 3.8) is 0 Å². The van der Waals surface area contributed by atoms with E-state index in [1.165, 1.54) is 5.57 Å². The first-order chi connectivity index (χ1) is 6.30. The van der Waals surface area contributed by atoms with E-state index in [0.29, 0.717) is 10.8 Å². The molecule has 0 atom stereocenters. The number of hydrogen-bond donors (Lipinski definition) is 1. The molecule has 0 aromatic heterocycles. The Morgan fingerprint density at radius 2 is 1.71 bits per heavy atom. The molecule has 1 aliphatic carbocycles. The summed E-state index contributed by atoms with van der Waals surface area (Å²) >= 11 is 0. The van der Waals surface area contributed by atoms with E-state index in [-0.39, 0.29) is 0 Å². The van der Waals surface area contributed by atoms with Crippen LogP contribution in [0, 0.1) is 16.7 Å². The summed E-state index contributed by atoms with van der Waals surface area (Å²) in [5.41, 5.74) is 2.30. The van der Waals surface area contributed by atoms with Gasteiger partial charge in [-0.25, -0.2) is 0 Å². The van der Waals surface area contributed by atoms with Crippen molar-refractivity contribution in [2.75, 3.05) is 13.1 Å². The lowest BCUT2D eigenvalue weighted by Gasteiger charge is -2.05. The highest BCUT2D eigenvalue weighted by Crippen LogP contribution is 2.67. The Morgan fingerprint density at radius 3 is 2.07 bits per heavy atom. The molecule has 0 aliphatic heterocycles. The lowest BCUT2D eigenvalue weighted by Crippen LogP contribution is -2.20. The van der Waals surface area contributed by atoms with E-state index in [1.54, 1.807) is 0 Å². The zero-order valence-corrected chi connectivity index (χ0v) is 10.4. The summed E-state index contributed by atoms with van der Waals surface area (Å²) < 4.78 is 0. The van der Waals surface area contributed by atoms with E-state index in [1.807, 2.05) is 0 Å². The Balaban J connectivity index is 2.19. The van der Waals surface area contributed by atoms with Crippen molar-refractivity contribution in [3.8, 4) is 0 Å². The quantitative estimate of drug-likeness (QED) is 0.524. The summed E-state index contributed by atoms with van der Waals surface area (Å²) in [5.74, 6) is 0.833. The lowest BCUT2D eigenvalue weighted by molar-refractivity contribution is 0.457. The third-order valence-corrected chi connectivity index (χ3v) is 4.40. The Bertz CT molecular complexity index is 211. The summed E-state index contributed by atoms with van der Waals surface area (Å²) in [6.07, 6.45) is 1.10. The van der Waals surface area contributed by atoms with Crippen LogP contribution in [0.15, 0.2) is 12.2 Å². The largest absolute Gasteiger partial charge is 0.316 e. The fourth-order valence-electron chi connectivity index (χ4n) is 2.39. The maximum Gasteiger partial charge on any atom is -0.000976 e. The van der Waals surface area contributed by atoms with Gasteiger partial charge < -0.3 is 5.32 Å². The number of hydrogen-bond acceptors (Lipinski definition) is 1. The minimum atomic E-state index is 0.517. The third kappa shape index (κ3) is 2.03. The van der Waals surface area contributed by atoms with E-state index >= 15 is 0 Å². The topological polar surface area (TPSA) is 12.0 Å². The van der Waals surface area contributed by atoms with Gasteiger partial charge in [-0.3, -0.25) is 0 Å². The van der Waals surface area contributed by atoms with Gasteiger partial charge in [0.2, 0.25) is 0 Å². The highest BCUT2D eigenvalue weighted by molar-refractivity contribution is 5.12. The average Bonchev–Trinajstić information content (AvgIpc) is 2.38. The van der Waals surface area contributed by atoms with Crippen LogP contribution < -0.4 is 5.32 Å². The van der Waals surface area contributed by atoms with Gasteiger partial charge in [-0.05, 0) is 43.2 Å². The van der Waals surface area contributed by atoms with Crippen molar-refractivity contribution in [2.45, 2.75) is 41.0 Å². The molecule has 1 aliphatic rings. The molecule has 0 aromatic carbocycles. The first-order valence-corrected chi connectivity index (χ1v) is 5.65. The van der Waals surface area contributed by atoms with Crippen molar-refractivity contribution in [2.24, 2.45) is 16.7 Å². The fraction of sp³-hybridized carbons (Fsp3) is 0.846. The maximum absolute atomic E-state index is 3.90. The molecule has 0 unspecified atom stereocenters. The average molecular weight is 195 g/mol. The van der Waals surface area contributed by atoms with Crippen LogP contribution in [0.5, 0.6) is 0 Å². The second-order valence-corrected chi connectivity index (χ2v) is 5.91. The normalized spacial score (nSPS) is 23.5. The predicted octanol–water partition coefficient (Wildman–Crippen LogP) is 3.22. The Kier molecular flexibility index (Phi) is 3.10. The number of rotatable bonds is 5. The molecule has 0 amide bonds. The molecule has 0 heterocycles. The Morgan fingerprint density at radius 1 is 1.21 bits per heavy atom. The molecule has 1 N–H and O–H groups in total. The van der Waals surface area contributed by atoms with Gasteiger partial charge >= 0.3 is 0 Å². The van der Waals surface area contributed by atoms with Crippen LogP contribution in [-0.4, -0.2) is 13.1 Å². The van der Waals surface area contributed by atoms with Crippen LogP contribution in [0.1, 0.15) is 41.0 Å². The van der Waals surface area contributed by atoms with Crippen LogP contribution in [0.25, 0.3) is 0 Å². The van der Waals surface area contributed by atoms with Crippen molar-refractivity contribution < 1.29 is 0 Å². The van der Waals surface area contributed by atoms with E-state index in [9.17, 15) is 0 Å². The molecule has 0 spiro atoms. The van der Waals surface area contributed by atoms with Gasteiger partial charge in [-0.2, -0.15) is 0 Å². The van der Waals surface area contributed by atoms with Gasteiger partial charge in [-0.15, -0.1) is 6.58 Å². The van der Waals surface area contributed by atoms with E-state index in [2.05, 4.69) is 46.5 Å². The highest BCUT2D eigenvalue weighted by atomic mass is 14.9. The molecule has 0 aromatic rings. The van der Waals surface area contributed by atoms with Gasteiger partial charge in [0.05, 0.1) is 0 Å². The SMILES string of the molecule is C=C(C)CCNCC1C(C)(C)C1(C)C. The molecule has 0 bridgehead atoms. The van der Waals surface area contributed by atoms with Gasteiger partial charge in [0, 0.05) is 0 Å². The second-order valence-electron chi connectivity index (χ2n) is 5.91. The van der Waals surface area contributed by atoms with Gasteiger partial charge in [-0.1, -0.05) is 33.3 Å². The minimum absolute atomic E-state index is 0.517. The molecule has 1 fully saturated rings. The summed E-state index contributed by atoms with van der Waals surface area (Å²) in [4.78, 5) is 0. The number of nitrogens with one attached hydrogen (secondary N) is 1. The first kappa shape index (κ1) is 11.8. The van der Waals surface area contributed by atoms with Gasteiger partial charge in [0.1, 0.15) is 0 Å². The highest BCUT2D eigenvalue weighted by Gasteiger charge is 2.63. The predicted molar refractivity (Wildman–Crippen MR) is 63.4 cm³/mol. The fourth-order valence-corrected chi connectivity index (χ4v) is 2.39. The summed E-state index contributed by atoms with van der Waals surface area (Å²) in [5, 5.41) is 3.53. The van der Waals surface area contributed by atoms with Crippen molar-refractivity contribution in [1.82, 2.24) is 5.32 Å². The first-order valence-electron chi connectivity index (χ1n) is 5.65. The van der Waals surface area contributed by atoms with Crippen molar-refractivity contribution in [1.29, 1.82) is 0 Å². The lowest BCUT2D eigenvalue weighted by atomic mass is 10.0. The third-order valence-electron chi connectivity index (χ3n) is 4.40. The molecule has 14 heavy (non-hydrogen) atoms. The molecular weight excluding hydrogens is 170 g/mol. The summed E-state index contributed by atoms with van der Waals surface area (Å²) in [7, 11) is 0. The van der Waals surface area contributed by atoms with Gasteiger partial charge in [0.15, 0.2) is 0 Å². The molecule has 1 saturated carbocycles. The van der Waals surface area contributed by atoms with Crippen LogP contribution in [0.3, 0.4) is 0 Å². The van der Waals surface area contributed by atoms with Crippen LogP contribution in [0.4, 0.5) is 0 Å².